The Hall–Kier alpha value is -0.410. The number of nitrogens with zero attached hydrogens (tertiary/aromatic N) is 3. The van der Waals surface area contributed by atoms with Crippen LogP contribution < -0.4 is 0 Å². The SMILES string of the molecule is CCCSc1nc(SCCC(=O)OC)nn1SF. The number of rotatable bonds is 8. The first-order valence-corrected chi connectivity index (χ1v) is 7.94. The van der Waals surface area contributed by atoms with Crippen molar-refractivity contribution >= 4 is 41.8 Å². The van der Waals surface area contributed by atoms with Crippen molar-refractivity contribution in [1.82, 2.24) is 14.2 Å². The van der Waals surface area contributed by atoms with Crippen molar-refractivity contribution < 1.29 is 13.4 Å². The fourth-order valence-corrected chi connectivity index (χ4v) is 2.97. The lowest BCUT2D eigenvalue weighted by Crippen LogP contribution is -2.01. The predicted octanol–water partition coefficient (Wildman–Crippen LogP) is 2.82. The Morgan fingerprint density at radius 3 is 2.83 bits per heavy atom. The molecule has 0 saturated carbocycles. The van der Waals surface area contributed by atoms with Gasteiger partial charge in [-0.05, 0) is 6.42 Å². The zero-order valence-corrected chi connectivity index (χ0v) is 12.5. The third-order valence-corrected chi connectivity index (χ3v) is 4.27. The van der Waals surface area contributed by atoms with Gasteiger partial charge in [0.25, 0.3) is 0 Å². The highest BCUT2D eigenvalue weighted by Crippen LogP contribution is 2.25. The van der Waals surface area contributed by atoms with Gasteiger partial charge in [0.1, 0.15) is 0 Å². The zero-order valence-electron chi connectivity index (χ0n) is 10.1. The molecule has 1 aromatic heterocycles. The summed E-state index contributed by atoms with van der Waals surface area (Å²) in [5.74, 6) is 1.11. The number of esters is 1. The van der Waals surface area contributed by atoms with Gasteiger partial charge in [0.2, 0.25) is 10.3 Å². The summed E-state index contributed by atoms with van der Waals surface area (Å²) in [6, 6.07) is 0. The summed E-state index contributed by atoms with van der Waals surface area (Å²) in [6.45, 7) is 2.04. The quantitative estimate of drug-likeness (QED) is 0.540. The predicted molar refractivity (Wildman–Crippen MR) is 72.5 cm³/mol. The van der Waals surface area contributed by atoms with E-state index < -0.39 is 0 Å². The minimum Gasteiger partial charge on any atom is -0.469 e. The van der Waals surface area contributed by atoms with Gasteiger partial charge < -0.3 is 4.74 Å². The molecule has 1 rings (SSSR count). The lowest BCUT2D eigenvalue weighted by molar-refractivity contribution is -0.140. The molecule has 0 amide bonds. The molecule has 0 saturated heterocycles. The lowest BCUT2D eigenvalue weighted by atomic mass is 10.5. The van der Waals surface area contributed by atoms with Gasteiger partial charge in [0, 0.05) is 11.5 Å². The summed E-state index contributed by atoms with van der Waals surface area (Å²) in [5, 5.41) is 5.01. The zero-order chi connectivity index (χ0) is 13.4. The molecule has 102 valence electrons. The molecule has 0 unspecified atom stereocenters. The van der Waals surface area contributed by atoms with Gasteiger partial charge in [-0.25, -0.2) is 0 Å². The molecular formula is C9H14FN3O2S3. The Balaban J connectivity index is 2.50. The standard InChI is InChI=1S/C9H14FN3O2S3/c1-3-5-17-9-11-8(12-13(9)18-10)16-6-4-7(14)15-2/h3-6H2,1-2H3. The van der Waals surface area contributed by atoms with E-state index in [1.165, 1.54) is 30.6 Å². The minimum absolute atomic E-state index is 0.0282. The molecule has 0 atom stereocenters. The third-order valence-electron chi connectivity index (χ3n) is 1.80. The molecule has 5 nitrogen and oxygen atoms in total. The first kappa shape index (κ1) is 15.6. The van der Waals surface area contributed by atoms with Gasteiger partial charge in [0.15, 0.2) is 12.3 Å². The smallest absolute Gasteiger partial charge is 0.306 e. The van der Waals surface area contributed by atoms with Crippen molar-refractivity contribution in [2.24, 2.45) is 0 Å². The second-order valence-electron chi connectivity index (χ2n) is 3.14. The fraction of sp³-hybridized carbons (Fsp3) is 0.667. The molecule has 0 aromatic carbocycles. The van der Waals surface area contributed by atoms with Gasteiger partial charge in [-0.15, -0.1) is 13.1 Å². The van der Waals surface area contributed by atoms with Crippen molar-refractivity contribution in [3.05, 3.63) is 0 Å². The molecule has 0 aliphatic carbocycles. The summed E-state index contributed by atoms with van der Waals surface area (Å²) >= 11 is 2.80. The molecule has 0 bridgehead atoms. The molecule has 1 heterocycles. The summed E-state index contributed by atoms with van der Waals surface area (Å²) in [5.41, 5.74) is 0. The van der Waals surface area contributed by atoms with E-state index in [4.69, 9.17) is 0 Å². The van der Waals surface area contributed by atoms with Gasteiger partial charge in [-0.3, -0.25) is 4.79 Å². The monoisotopic (exact) mass is 311 g/mol. The molecule has 0 N–H and O–H groups in total. The normalized spacial score (nSPS) is 10.6. The molecular weight excluding hydrogens is 297 g/mol. The number of halogens is 1. The van der Waals surface area contributed by atoms with Crippen LogP contribution in [0.2, 0.25) is 0 Å². The van der Waals surface area contributed by atoms with E-state index in [0.717, 1.165) is 16.3 Å². The van der Waals surface area contributed by atoms with Gasteiger partial charge in [-0.1, -0.05) is 30.4 Å². The van der Waals surface area contributed by atoms with Gasteiger partial charge in [-0.2, -0.15) is 4.98 Å². The molecule has 9 heteroatoms. The van der Waals surface area contributed by atoms with Crippen LogP contribution in [0.5, 0.6) is 0 Å². The number of carbonyl (C=O) groups excluding carboxylic acids is 1. The summed E-state index contributed by atoms with van der Waals surface area (Å²) < 4.78 is 18.3. The lowest BCUT2D eigenvalue weighted by Gasteiger charge is -1.95. The van der Waals surface area contributed by atoms with Crippen molar-refractivity contribution in [2.45, 2.75) is 30.1 Å². The first-order valence-electron chi connectivity index (χ1n) is 5.29. The van der Waals surface area contributed by atoms with Crippen LogP contribution in [0.1, 0.15) is 19.8 Å². The number of methoxy groups -OCH3 is 1. The molecule has 0 aliphatic rings. The third kappa shape index (κ3) is 5.07. The van der Waals surface area contributed by atoms with Crippen LogP contribution in [0.25, 0.3) is 0 Å². The molecule has 0 aliphatic heterocycles. The van der Waals surface area contributed by atoms with E-state index in [1.807, 2.05) is 6.92 Å². The Morgan fingerprint density at radius 2 is 2.22 bits per heavy atom. The van der Waals surface area contributed by atoms with E-state index in [2.05, 4.69) is 14.8 Å². The second-order valence-corrected chi connectivity index (χ2v) is 5.75. The van der Waals surface area contributed by atoms with Crippen molar-refractivity contribution in [1.29, 1.82) is 0 Å². The van der Waals surface area contributed by atoms with Crippen molar-refractivity contribution in [3.63, 3.8) is 0 Å². The number of hydrogen-bond acceptors (Lipinski definition) is 7. The van der Waals surface area contributed by atoms with E-state index in [1.54, 1.807) is 0 Å². The molecule has 0 spiro atoms. The maximum atomic E-state index is 12.6. The Bertz CT molecular complexity index is 389. The summed E-state index contributed by atoms with van der Waals surface area (Å²) in [7, 11) is 1.35. The van der Waals surface area contributed by atoms with Crippen molar-refractivity contribution in [3.8, 4) is 0 Å². The average molecular weight is 311 g/mol. The maximum absolute atomic E-state index is 12.6. The molecule has 1 aromatic rings. The number of aromatic nitrogens is 3. The minimum atomic E-state index is -0.276. The number of ether oxygens (including phenoxy) is 1. The first-order chi connectivity index (χ1) is 8.71. The van der Waals surface area contributed by atoms with Crippen LogP contribution in [0.15, 0.2) is 10.3 Å². The van der Waals surface area contributed by atoms with E-state index in [0.29, 0.717) is 16.1 Å². The number of carbonyl (C=O) groups is 1. The second kappa shape index (κ2) is 8.65. The van der Waals surface area contributed by atoms with Crippen LogP contribution in [-0.4, -0.2) is 38.8 Å². The number of hydrogen-bond donors (Lipinski definition) is 0. The van der Waals surface area contributed by atoms with Gasteiger partial charge >= 0.3 is 5.97 Å². The number of thioether (sulfide) groups is 2. The van der Waals surface area contributed by atoms with E-state index in [-0.39, 0.29) is 24.7 Å². The van der Waals surface area contributed by atoms with E-state index >= 15 is 0 Å². The highest BCUT2D eigenvalue weighted by atomic mass is 32.2. The van der Waals surface area contributed by atoms with Crippen LogP contribution >= 0.6 is 35.9 Å². The molecule has 18 heavy (non-hydrogen) atoms. The fourth-order valence-electron chi connectivity index (χ4n) is 0.982. The Labute approximate surface area is 118 Å². The van der Waals surface area contributed by atoms with Gasteiger partial charge in [0.05, 0.1) is 13.5 Å². The van der Waals surface area contributed by atoms with E-state index in [9.17, 15) is 8.68 Å². The topological polar surface area (TPSA) is 57.0 Å². The largest absolute Gasteiger partial charge is 0.469 e. The summed E-state index contributed by atoms with van der Waals surface area (Å²) in [6.07, 6.45) is 1.27. The van der Waals surface area contributed by atoms with Crippen LogP contribution in [0.4, 0.5) is 3.89 Å². The summed E-state index contributed by atoms with van der Waals surface area (Å²) in [4.78, 5) is 15.1. The van der Waals surface area contributed by atoms with Crippen LogP contribution in [-0.2, 0) is 9.53 Å². The Morgan fingerprint density at radius 1 is 1.44 bits per heavy atom. The average Bonchev–Trinajstić information content (AvgIpc) is 2.78. The van der Waals surface area contributed by atoms with Crippen LogP contribution in [0.3, 0.4) is 0 Å². The highest BCUT2D eigenvalue weighted by molar-refractivity contribution is 8.00. The highest BCUT2D eigenvalue weighted by Gasteiger charge is 2.12. The van der Waals surface area contributed by atoms with Crippen molar-refractivity contribution in [2.75, 3.05) is 18.6 Å². The molecule has 0 radical (unpaired) electrons. The van der Waals surface area contributed by atoms with Crippen LogP contribution in [0, 0.1) is 0 Å². The Kier molecular flexibility index (Phi) is 7.52. The maximum Gasteiger partial charge on any atom is 0.306 e. The molecule has 0 fully saturated rings.